The fraction of sp³-hybridized carbons (Fsp3) is 0.742. The number of aliphatic carboxylic acids is 1. The predicted octanol–water partition coefficient (Wildman–Crippen LogP) is 6.29. The maximum atomic E-state index is 14.3. The maximum absolute atomic E-state index is 14.3. The molecule has 0 aliphatic heterocycles. The molecule has 5 aliphatic rings. The number of ketones is 2. The van der Waals surface area contributed by atoms with Crippen LogP contribution in [0, 0.1) is 61.6 Å². The molecule has 0 radical (unpaired) electrons. The Morgan fingerprint density at radius 2 is 1.64 bits per heavy atom. The number of hydrogen-bond donors (Lipinski definition) is 1. The number of carboxylic acid groups (broad SMARTS) is 1. The van der Waals surface area contributed by atoms with Crippen molar-refractivity contribution in [3.8, 4) is 6.07 Å². The number of Topliss-reactive ketones (excluding diaryl/α,β-unsaturated/α-hetero) is 1. The monoisotopic (exact) mass is 491 g/mol. The average Bonchev–Trinajstić information content (AvgIpc) is 2.77. The van der Waals surface area contributed by atoms with Crippen molar-refractivity contribution in [2.45, 2.75) is 93.4 Å². The standard InChI is InChI=1S/C31H41NO4/c1-26(2)10-12-31(25(35)36)13-11-29(6)19(20(31)16-26)14-21(33)23-28(5)15-18(17-32)24(34)27(3,4)22(28)8-9-30(23,29)7/h14-15,20,22-23H,8-13,16H2,1-7H3,(H,35,36)/t20?,22-,23+,28-,29+,30+,31-/m0/s1. The van der Waals surface area contributed by atoms with E-state index in [9.17, 15) is 24.8 Å². The number of nitrogens with zero attached hydrogens (tertiary/aromatic N) is 1. The molecule has 5 rings (SSSR count). The molecule has 5 nitrogen and oxygen atoms in total. The Hall–Kier alpha value is -2.22. The van der Waals surface area contributed by atoms with Gasteiger partial charge in [0.05, 0.1) is 11.0 Å². The van der Waals surface area contributed by atoms with E-state index in [4.69, 9.17) is 0 Å². The van der Waals surface area contributed by atoms with Crippen LogP contribution >= 0.6 is 0 Å². The number of hydrogen-bond acceptors (Lipinski definition) is 4. The van der Waals surface area contributed by atoms with E-state index in [0.29, 0.717) is 12.8 Å². The third-order valence-corrected chi connectivity index (χ3v) is 12.3. The number of allylic oxidation sites excluding steroid dienone is 4. The van der Waals surface area contributed by atoms with Crippen molar-refractivity contribution < 1.29 is 19.5 Å². The quantitative estimate of drug-likeness (QED) is 0.465. The second kappa shape index (κ2) is 7.21. The summed E-state index contributed by atoms with van der Waals surface area (Å²) in [5, 5.41) is 20.3. The predicted molar refractivity (Wildman–Crippen MR) is 137 cm³/mol. The number of carbonyl (C=O) groups is 3. The lowest BCUT2D eigenvalue weighted by Crippen LogP contribution is -2.66. The molecule has 0 saturated heterocycles. The van der Waals surface area contributed by atoms with Gasteiger partial charge in [0.15, 0.2) is 11.6 Å². The number of fused-ring (bicyclic) bond motifs is 7. The Morgan fingerprint density at radius 1 is 1.00 bits per heavy atom. The molecular weight excluding hydrogens is 450 g/mol. The summed E-state index contributed by atoms with van der Waals surface area (Å²) in [7, 11) is 0. The molecule has 1 N–H and O–H groups in total. The zero-order valence-corrected chi connectivity index (χ0v) is 23.0. The molecule has 1 unspecified atom stereocenters. The molecule has 0 aromatic carbocycles. The summed E-state index contributed by atoms with van der Waals surface area (Å²) < 4.78 is 0. The molecule has 0 bridgehead atoms. The molecule has 0 heterocycles. The Balaban J connectivity index is 1.71. The summed E-state index contributed by atoms with van der Waals surface area (Å²) in [6.07, 6.45) is 9.03. The van der Waals surface area contributed by atoms with Gasteiger partial charge in [-0.1, -0.05) is 60.1 Å². The van der Waals surface area contributed by atoms with Crippen LogP contribution in [0.3, 0.4) is 0 Å². The first-order valence-electron chi connectivity index (χ1n) is 13.7. The lowest BCUT2D eigenvalue weighted by molar-refractivity contribution is -0.178. The SMILES string of the molecule is CC1(C)CC[C@]2(C(=O)O)CC[C@]3(C)C(=CC(=O)[C@@H]4[C@@]5(C)C=C(C#N)C(=O)C(C)(C)[C@@H]5CC[C@]43C)C2C1. The van der Waals surface area contributed by atoms with E-state index in [1.807, 2.05) is 26.0 Å². The van der Waals surface area contributed by atoms with E-state index in [-0.39, 0.29) is 51.1 Å². The van der Waals surface area contributed by atoms with Crippen LogP contribution in [-0.4, -0.2) is 22.6 Å². The van der Waals surface area contributed by atoms with Gasteiger partial charge >= 0.3 is 5.97 Å². The van der Waals surface area contributed by atoms with Crippen LogP contribution in [0.1, 0.15) is 93.4 Å². The number of rotatable bonds is 1. The summed E-state index contributed by atoms with van der Waals surface area (Å²) in [6.45, 7) is 14.9. The van der Waals surface area contributed by atoms with Gasteiger partial charge in [0, 0.05) is 16.7 Å². The highest BCUT2D eigenvalue weighted by Gasteiger charge is 2.71. The lowest BCUT2D eigenvalue weighted by atomic mass is 9.34. The molecule has 7 atom stereocenters. The summed E-state index contributed by atoms with van der Waals surface area (Å²) >= 11 is 0. The molecule has 194 valence electrons. The molecular formula is C31H41NO4. The Bertz CT molecular complexity index is 1180. The first-order chi connectivity index (χ1) is 16.5. The minimum absolute atomic E-state index is 0.0227. The lowest BCUT2D eigenvalue weighted by Gasteiger charge is -2.68. The van der Waals surface area contributed by atoms with Crippen molar-refractivity contribution in [1.29, 1.82) is 5.26 Å². The first-order valence-corrected chi connectivity index (χ1v) is 13.7. The van der Waals surface area contributed by atoms with Gasteiger partial charge in [-0.05, 0) is 79.1 Å². The van der Waals surface area contributed by atoms with Crippen LogP contribution in [-0.2, 0) is 14.4 Å². The number of carboxylic acids is 1. The van der Waals surface area contributed by atoms with E-state index in [1.54, 1.807) is 0 Å². The smallest absolute Gasteiger partial charge is 0.310 e. The van der Waals surface area contributed by atoms with Crippen molar-refractivity contribution in [3.05, 3.63) is 23.3 Å². The van der Waals surface area contributed by atoms with E-state index in [2.05, 4.69) is 40.7 Å². The van der Waals surface area contributed by atoms with E-state index < -0.39 is 22.2 Å². The summed E-state index contributed by atoms with van der Waals surface area (Å²) in [4.78, 5) is 40.2. The van der Waals surface area contributed by atoms with Crippen molar-refractivity contribution in [2.24, 2.45) is 50.2 Å². The largest absolute Gasteiger partial charge is 0.481 e. The summed E-state index contributed by atoms with van der Waals surface area (Å²) in [5.74, 6) is -1.28. The fourth-order valence-corrected chi connectivity index (χ4v) is 10.1. The van der Waals surface area contributed by atoms with Crippen LogP contribution in [0.2, 0.25) is 0 Å². The zero-order valence-electron chi connectivity index (χ0n) is 23.0. The van der Waals surface area contributed by atoms with E-state index in [0.717, 1.165) is 37.7 Å². The van der Waals surface area contributed by atoms with Crippen LogP contribution in [0.15, 0.2) is 23.3 Å². The van der Waals surface area contributed by atoms with Crippen LogP contribution in [0.25, 0.3) is 0 Å². The minimum Gasteiger partial charge on any atom is -0.481 e. The van der Waals surface area contributed by atoms with Crippen LogP contribution in [0.5, 0.6) is 0 Å². The molecule has 0 spiro atoms. The normalized spacial score (nSPS) is 46.7. The highest BCUT2D eigenvalue weighted by atomic mass is 16.4. The van der Waals surface area contributed by atoms with Gasteiger partial charge in [0.25, 0.3) is 0 Å². The average molecular weight is 492 g/mol. The Kier molecular flexibility index (Phi) is 5.09. The highest BCUT2D eigenvalue weighted by molar-refractivity contribution is 6.05. The van der Waals surface area contributed by atoms with Gasteiger partial charge in [-0.15, -0.1) is 0 Å². The Morgan fingerprint density at radius 3 is 2.25 bits per heavy atom. The molecule has 36 heavy (non-hydrogen) atoms. The molecule has 0 aromatic heterocycles. The van der Waals surface area contributed by atoms with Crippen molar-refractivity contribution >= 4 is 17.5 Å². The van der Waals surface area contributed by atoms with Gasteiger partial charge in [0.1, 0.15) is 6.07 Å². The van der Waals surface area contributed by atoms with Crippen LogP contribution in [0.4, 0.5) is 0 Å². The molecule has 3 fully saturated rings. The number of nitriles is 1. The molecule has 5 aliphatic carbocycles. The number of carbonyl (C=O) groups excluding carboxylic acids is 2. The van der Waals surface area contributed by atoms with E-state index >= 15 is 0 Å². The molecule has 5 heteroatoms. The van der Waals surface area contributed by atoms with Crippen molar-refractivity contribution in [2.75, 3.05) is 0 Å². The van der Waals surface area contributed by atoms with Gasteiger partial charge in [-0.2, -0.15) is 5.26 Å². The van der Waals surface area contributed by atoms with Gasteiger partial charge in [0.2, 0.25) is 0 Å². The van der Waals surface area contributed by atoms with Crippen LogP contribution < -0.4 is 0 Å². The third kappa shape index (κ3) is 2.85. The fourth-order valence-electron chi connectivity index (χ4n) is 10.1. The molecule has 3 saturated carbocycles. The Labute approximate surface area is 215 Å². The molecule has 0 aromatic rings. The molecule has 0 amide bonds. The van der Waals surface area contributed by atoms with Gasteiger partial charge < -0.3 is 5.11 Å². The first kappa shape index (κ1) is 25.4. The van der Waals surface area contributed by atoms with Gasteiger partial charge in [-0.25, -0.2) is 0 Å². The highest BCUT2D eigenvalue weighted by Crippen LogP contribution is 2.74. The summed E-state index contributed by atoms with van der Waals surface area (Å²) in [5.41, 5.74) is -1.51. The zero-order chi connectivity index (χ0) is 26.7. The van der Waals surface area contributed by atoms with Crippen molar-refractivity contribution in [3.63, 3.8) is 0 Å². The van der Waals surface area contributed by atoms with E-state index in [1.165, 1.54) is 0 Å². The summed E-state index contributed by atoms with van der Waals surface area (Å²) in [6, 6.07) is 2.14. The second-order valence-corrected chi connectivity index (χ2v) is 14.7. The third-order valence-electron chi connectivity index (χ3n) is 12.3. The van der Waals surface area contributed by atoms with Gasteiger partial charge in [-0.3, -0.25) is 14.4 Å². The minimum atomic E-state index is -0.793. The van der Waals surface area contributed by atoms with Crippen molar-refractivity contribution in [1.82, 2.24) is 0 Å². The maximum Gasteiger partial charge on any atom is 0.310 e. The second-order valence-electron chi connectivity index (χ2n) is 14.7. The topological polar surface area (TPSA) is 95.2 Å².